The van der Waals surface area contributed by atoms with Gasteiger partial charge in [-0.1, -0.05) is 12.1 Å². The Morgan fingerprint density at radius 2 is 2.07 bits per heavy atom. The van der Waals surface area contributed by atoms with Crippen LogP contribution in [0.1, 0.15) is 11.7 Å². The molecule has 2 rings (SSSR count). The first kappa shape index (κ1) is 9.86. The minimum absolute atomic E-state index is 0.298. The zero-order valence-corrected chi connectivity index (χ0v) is 8.05. The van der Waals surface area contributed by atoms with Crippen molar-refractivity contribution in [2.45, 2.75) is 12.6 Å². The largest absolute Gasteiger partial charge is 0.387 e. The number of imidazole rings is 1. The summed E-state index contributed by atoms with van der Waals surface area (Å²) in [7, 11) is 0. The van der Waals surface area contributed by atoms with Gasteiger partial charge in [-0.15, -0.1) is 0 Å². The third-order valence-corrected chi connectivity index (χ3v) is 2.20. The summed E-state index contributed by atoms with van der Waals surface area (Å²) in [6.45, 7) is 0.422. The molecule has 0 spiro atoms. The highest BCUT2D eigenvalue weighted by Gasteiger charge is 2.07. The van der Waals surface area contributed by atoms with Crippen molar-refractivity contribution < 1.29 is 9.50 Å². The van der Waals surface area contributed by atoms with E-state index in [2.05, 4.69) is 4.98 Å². The number of benzene rings is 1. The minimum atomic E-state index is -0.639. The highest BCUT2D eigenvalue weighted by molar-refractivity contribution is 5.18. The van der Waals surface area contributed by atoms with Crippen molar-refractivity contribution in [3.8, 4) is 0 Å². The molecule has 0 radical (unpaired) electrons. The van der Waals surface area contributed by atoms with Crippen molar-refractivity contribution in [1.82, 2.24) is 9.55 Å². The molecule has 3 nitrogen and oxygen atoms in total. The fraction of sp³-hybridized carbons (Fsp3) is 0.182. The smallest absolute Gasteiger partial charge is 0.123 e. The molecule has 1 N–H and O–H groups in total. The molecule has 0 saturated carbocycles. The molecule has 0 bridgehead atoms. The molecule has 2 aromatic rings. The van der Waals surface area contributed by atoms with Gasteiger partial charge in [-0.25, -0.2) is 9.37 Å². The molecule has 78 valence electrons. The maximum absolute atomic E-state index is 12.6. The summed E-state index contributed by atoms with van der Waals surface area (Å²) in [5, 5.41) is 9.81. The molecule has 0 unspecified atom stereocenters. The summed E-state index contributed by atoms with van der Waals surface area (Å²) in [4.78, 5) is 3.87. The molecule has 0 saturated heterocycles. The van der Waals surface area contributed by atoms with E-state index in [1.54, 1.807) is 35.4 Å². The Morgan fingerprint density at radius 3 is 2.67 bits per heavy atom. The average Bonchev–Trinajstić information content (AvgIpc) is 2.71. The van der Waals surface area contributed by atoms with Crippen LogP contribution in [0.5, 0.6) is 0 Å². The second-order valence-corrected chi connectivity index (χ2v) is 3.33. The molecule has 1 heterocycles. The molecule has 0 aliphatic heterocycles. The van der Waals surface area contributed by atoms with Crippen LogP contribution in [-0.4, -0.2) is 14.7 Å². The highest BCUT2D eigenvalue weighted by Crippen LogP contribution is 2.15. The van der Waals surface area contributed by atoms with E-state index < -0.39 is 6.10 Å². The summed E-state index contributed by atoms with van der Waals surface area (Å²) in [6.07, 6.45) is 4.41. The van der Waals surface area contributed by atoms with Gasteiger partial charge in [0.1, 0.15) is 5.82 Å². The van der Waals surface area contributed by atoms with E-state index in [1.807, 2.05) is 0 Å². The van der Waals surface area contributed by atoms with Crippen LogP contribution in [-0.2, 0) is 6.54 Å². The normalized spacial score (nSPS) is 12.7. The van der Waals surface area contributed by atoms with Crippen LogP contribution in [0.25, 0.3) is 0 Å². The SMILES string of the molecule is O[C@@H](Cn1ccnc1)c1ccc(F)cc1. The number of rotatable bonds is 3. The lowest BCUT2D eigenvalue weighted by Gasteiger charge is -2.11. The van der Waals surface area contributed by atoms with Gasteiger partial charge >= 0.3 is 0 Å². The maximum Gasteiger partial charge on any atom is 0.123 e. The van der Waals surface area contributed by atoms with Gasteiger partial charge in [-0.2, -0.15) is 0 Å². The second kappa shape index (κ2) is 4.23. The van der Waals surface area contributed by atoms with Crippen LogP contribution >= 0.6 is 0 Å². The van der Waals surface area contributed by atoms with Gasteiger partial charge in [0.15, 0.2) is 0 Å². The van der Waals surface area contributed by atoms with Crippen molar-refractivity contribution in [3.05, 3.63) is 54.4 Å². The van der Waals surface area contributed by atoms with Crippen molar-refractivity contribution in [1.29, 1.82) is 0 Å². The number of aliphatic hydroxyl groups excluding tert-OH is 1. The summed E-state index contributed by atoms with van der Waals surface area (Å²) < 4.78 is 14.4. The molecule has 1 atom stereocenters. The van der Waals surface area contributed by atoms with Crippen molar-refractivity contribution >= 4 is 0 Å². The van der Waals surface area contributed by atoms with Gasteiger partial charge in [-0.3, -0.25) is 0 Å². The van der Waals surface area contributed by atoms with Gasteiger partial charge < -0.3 is 9.67 Å². The fourth-order valence-electron chi connectivity index (χ4n) is 1.38. The van der Waals surface area contributed by atoms with E-state index in [9.17, 15) is 9.50 Å². The standard InChI is InChI=1S/C11H11FN2O/c12-10-3-1-9(2-4-10)11(15)7-14-6-5-13-8-14/h1-6,8,11,15H,7H2/t11-/m0/s1. The van der Waals surface area contributed by atoms with E-state index in [-0.39, 0.29) is 5.82 Å². The number of aromatic nitrogens is 2. The van der Waals surface area contributed by atoms with Gasteiger partial charge in [0.25, 0.3) is 0 Å². The van der Waals surface area contributed by atoms with E-state index in [1.165, 1.54) is 12.1 Å². The first-order chi connectivity index (χ1) is 7.25. The fourth-order valence-corrected chi connectivity index (χ4v) is 1.38. The number of nitrogens with zero attached hydrogens (tertiary/aromatic N) is 2. The van der Waals surface area contributed by atoms with Crippen LogP contribution in [0.15, 0.2) is 43.0 Å². The first-order valence-electron chi connectivity index (χ1n) is 4.65. The molecule has 1 aromatic heterocycles. The zero-order chi connectivity index (χ0) is 10.7. The molecule has 4 heteroatoms. The molecular formula is C11H11FN2O. The van der Waals surface area contributed by atoms with Crippen LogP contribution in [0.2, 0.25) is 0 Å². The summed E-state index contributed by atoms with van der Waals surface area (Å²) in [5.41, 5.74) is 0.699. The van der Waals surface area contributed by atoms with E-state index >= 15 is 0 Å². The van der Waals surface area contributed by atoms with Crippen LogP contribution in [0.3, 0.4) is 0 Å². The maximum atomic E-state index is 12.6. The molecule has 15 heavy (non-hydrogen) atoms. The predicted octanol–water partition coefficient (Wildman–Crippen LogP) is 1.76. The third kappa shape index (κ3) is 2.41. The van der Waals surface area contributed by atoms with Gasteiger partial charge in [0.2, 0.25) is 0 Å². The lowest BCUT2D eigenvalue weighted by Crippen LogP contribution is -2.06. The Kier molecular flexibility index (Phi) is 2.78. The molecule has 0 fully saturated rings. The zero-order valence-electron chi connectivity index (χ0n) is 8.05. The third-order valence-electron chi connectivity index (χ3n) is 2.20. The second-order valence-electron chi connectivity index (χ2n) is 3.33. The summed E-state index contributed by atoms with van der Waals surface area (Å²) in [6, 6.07) is 5.84. The number of hydrogen-bond acceptors (Lipinski definition) is 2. The van der Waals surface area contributed by atoms with Crippen LogP contribution in [0, 0.1) is 5.82 Å². The lowest BCUT2D eigenvalue weighted by molar-refractivity contribution is 0.156. The van der Waals surface area contributed by atoms with Crippen molar-refractivity contribution in [2.24, 2.45) is 0 Å². The van der Waals surface area contributed by atoms with Gasteiger partial charge in [0, 0.05) is 12.4 Å². The quantitative estimate of drug-likeness (QED) is 0.830. The molecule has 1 aromatic carbocycles. The van der Waals surface area contributed by atoms with E-state index in [0.717, 1.165) is 0 Å². The van der Waals surface area contributed by atoms with Crippen molar-refractivity contribution in [2.75, 3.05) is 0 Å². The predicted molar refractivity (Wildman–Crippen MR) is 53.6 cm³/mol. The molecule has 0 aliphatic carbocycles. The highest BCUT2D eigenvalue weighted by atomic mass is 19.1. The van der Waals surface area contributed by atoms with Gasteiger partial charge in [-0.05, 0) is 17.7 Å². The lowest BCUT2D eigenvalue weighted by atomic mass is 10.1. The summed E-state index contributed by atoms with van der Waals surface area (Å²) in [5.74, 6) is -0.298. The molecule has 0 aliphatic rings. The Morgan fingerprint density at radius 1 is 1.33 bits per heavy atom. The monoisotopic (exact) mass is 206 g/mol. The van der Waals surface area contributed by atoms with E-state index in [4.69, 9.17) is 0 Å². The molecule has 0 amide bonds. The average molecular weight is 206 g/mol. The number of halogens is 1. The topological polar surface area (TPSA) is 38.0 Å². The summed E-state index contributed by atoms with van der Waals surface area (Å²) >= 11 is 0. The Balaban J connectivity index is 2.08. The van der Waals surface area contributed by atoms with Crippen LogP contribution in [0.4, 0.5) is 4.39 Å². The molecular weight excluding hydrogens is 195 g/mol. The van der Waals surface area contributed by atoms with Crippen LogP contribution < -0.4 is 0 Å². The first-order valence-corrected chi connectivity index (χ1v) is 4.65. The van der Waals surface area contributed by atoms with Gasteiger partial charge in [0.05, 0.1) is 19.0 Å². The van der Waals surface area contributed by atoms with E-state index in [0.29, 0.717) is 12.1 Å². The Labute approximate surface area is 86.8 Å². The Hall–Kier alpha value is -1.68. The Bertz CT molecular complexity index is 411. The van der Waals surface area contributed by atoms with Crippen molar-refractivity contribution in [3.63, 3.8) is 0 Å². The minimum Gasteiger partial charge on any atom is -0.387 e. The number of aliphatic hydroxyl groups is 1. The number of hydrogen-bond donors (Lipinski definition) is 1.